The Hall–Kier alpha value is -1.13. The highest BCUT2D eigenvalue weighted by Gasteiger charge is 2.21. The van der Waals surface area contributed by atoms with E-state index in [1.165, 1.54) is 31.5 Å². The predicted molar refractivity (Wildman–Crippen MR) is 77.3 cm³/mol. The quantitative estimate of drug-likeness (QED) is 0.763. The first-order chi connectivity index (χ1) is 9.31. The number of aromatic nitrogens is 1. The standard InChI is InChI=1S/C15H25N3O/c1-3-7-16-9-14-6-8-18(12-14)11-13-4-5-15(19-2)17-10-13/h4-5,10,14,16H,3,6-9,11-12H2,1-2H3. The van der Waals surface area contributed by atoms with E-state index in [4.69, 9.17) is 4.74 Å². The molecule has 1 unspecified atom stereocenters. The lowest BCUT2D eigenvalue weighted by molar-refractivity contribution is 0.313. The molecule has 106 valence electrons. The van der Waals surface area contributed by atoms with Crippen LogP contribution in [0.2, 0.25) is 0 Å². The number of nitrogens with zero attached hydrogens (tertiary/aromatic N) is 2. The van der Waals surface area contributed by atoms with Crippen molar-refractivity contribution >= 4 is 0 Å². The number of hydrogen-bond acceptors (Lipinski definition) is 4. The molecule has 0 bridgehead atoms. The third-order valence-electron chi connectivity index (χ3n) is 3.64. The van der Waals surface area contributed by atoms with Crippen molar-refractivity contribution in [3.05, 3.63) is 23.9 Å². The Kier molecular flexibility index (Phi) is 5.61. The van der Waals surface area contributed by atoms with Crippen molar-refractivity contribution in [2.45, 2.75) is 26.3 Å². The number of nitrogens with one attached hydrogen (secondary N) is 1. The SMILES string of the molecule is CCCNCC1CCN(Cc2ccc(OC)nc2)C1. The van der Waals surface area contributed by atoms with Gasteiger partial charge in [0.25, 0.3) is 0 Å². The first-order valence-electron chi connectivity index (χ1n) is 7.23. The highest BCUT2D eigenvalue weighted by Crippen LogP contribution is 2.18. The zero-order valence-corrected chi connectivity index (χ0v) is 12.1. The molecule has 0 spiro atoms. The Morgan fingerprint density at radius 3 is 3.05 bits per heavy atom. The van der Waals surface area contributed by atoms with E-state index < -0.39 is 0 Å². The van der Waals surface area contributed by atoms with Crippen molar-refractivity contribution < 1.29 is 4.74 Å². The molecule has 1 aliphatic rings. The second kappa shape index (κ2) is 7.46. The molecule has 4 nitrogen and oxygen atoms in total. The van der Waals surface area contributed by atoms with Gasteiger partial charge >= 0.3 is 0 Å². The number of pyridine rings is 1. The summed E-state index contributed by atoms with van der Waals surface area (Å²) in [7, 11) is 1.65. The molecule has 1 atom stereocenters. The Morgan fingerprint density at radius 2 is 2.37 bits per heavy atom. The molecule has 0 aromatic carbocycles. The predicted octanol–water partition coefficient (Wildman–Crippen LogP) is 1.91. The maximum Gasteiger partial charge on any atom is 0.212 e. The Bertz CT molecular complexity index is 366. The van der Waals surface area contributed by atoms with Gasteiger partial charge in [-0.2, -0.15) is 0 Å². The van der Waals surface area contributed by atoms with Crippen LogP contribution in [0.15, 0.2) is 18.3 Å². The Labute approximate surface area is 116 Å². The molecule has 1 aromatic heterocycles. The second-order valence-corrected chi connectivity index (χ2v) is 5.30. The maximum atomic E-state index is 5.08. The largest absolute Gasteiger partial charge is 0.481 e. The number of likely N-dealkylation sites (tertiary alicyclic amines) is 1. The summed E-state index contributed by atoms with van der Waals surface area (Å²) >= 11 is 0. The lowest BCUT2D eigenvalue weighted by Gasteiger charge is -2.16. The average Bonchev–Trinajstić information content (AvgIpc) is 2.88. The summed E-state index contributed by atoms with van der Waals surface area (Å²) in [6.45, 7) is 7.91. The van der Waals surface area contributed by atoms with Crippen LogP contribution in [0, 0.1) is 5.92 Å². The van der Waals surface area contributed by atoms with Crippen LogP contribution in [0.25, 0.3) is 0 Å². The minimum Gasteiger partial charge on any atom is -0.481 e. The van der Waals surface area contributed by atoms with Crippen molar-refractivity contribution in [3.63, 3.8) is 0 Å². The molecule has 0 amide bonds. The van der Waals surface area contributed by atoms with Crippen molar-refractivity contribution in [2.24, 2.45) is 5.92 Å². The van der Waals surface area contributed by atoms with E-state index in [1.807, 2.05) is 12.3 Å². The molecule has 0 aliphatic carbocycles. The summed E-state index contributed by atoms with van der Waals surface area (Å²) in [6, 6.07) is 4.04. The minimum atomic E-state index is 0.687. The number of ether oxygens (including phenoxy) is 1. The lowest BCUT2D eigenvalue weighted by atomic mass is 10.1. The summed E-state index contributed by atoms with van der Waals surface area (Å²) in [5.41, 5.74) is 1.27. The van der Waals surface area contributed by atoms with Gasteiger partial charge in [0.05, 0.1) is 7.11 Å². The smallest absolute Gasteiger partial charge is 0.212 e. The van der Waals surface area contributed by atoms with Gasteiger partial charge in [-0.05, 0) is 44.0 Å². The van der Waals surface area contributed by atoms with Crippen LogP contribution in [-0.2, 0) is 6.54 Å². The second-order valence-electron chi connectivity index (χ2n) is 5.30. The molecule has 1 saturated heterocycles. The van der Waals surface area contributed by atoms with E-state index in [9.17, 15) is 0 Å². The highest BCUT2D eigenvalue weighted by molar-refractivity contribution is 5.17. The molecule has 1 N–H and O–H groups in total. The summed E-state index contributed by atoms with van der Waals surface area (Å²) in [4.78, 5) is 6.77. The Balaban J connectivity index is 1.74. The molecule has 2 rings (SSSR count). The van der Waals surface area contributed by atoms with Crippen molar-refractivity contribution in [2.75, 3.05) is 33.3 Å². The van der Waals surface area contributed by atoms with Crippen LogP contribution in [0.1, 0.15) is 25.3 Å². The molecule has 1 aliphatic heterocycles. The number of hydrogen-bond donors (Lipinski definition) is 1. The van der Waals surface area contributed by atoms with Gasteiger partial charge in [-0.15, -0.1) is 0 Å². The molecule has 19 heavy (non-hydrogen) atoms. The summed E-state index contributed by atoms with van der Waals surface area (Å²) in [6.07, 6.45) is 4.44. The summed E-state index contributed by atoms with van der Waals surface area (Å²) in [5, 5.41) is 3.52. The van der Waals surface area contributed by atoms with E-state index in [0.29, 0.717) is 5.88 Å². The van der Waals surface area contributed by atoms with Crippen molar-refractivity contribution in [3.8, 4) is 5.88 Å². The van der Waals surface area contributed by atoms with Crippen molar-refractivity contribution in [1.82, 2.24) is 15.2 Å². The van der Waals surface area contributed by atoms with Crippen LogP contribution in [0.4, 0.5) is 0 Å². The van der Waals surface area contributed by atoms with E-state index in [1.54, 1.807) is 7.11 Å². The third kappa shape index (κ3) is 4.48. The molecule has 1 aromatic rings. The summed E-state index contributed by atoms with van der Waals surface area (Å²) < 4.78 is 5.08. The molecule has 2 heterocycles. The highest BCUT2D eigenvalue weighted by atomic mass is 16.5. The maximum absolute atomic E-state index is 5.08. The molecule has 0 saturated carbocycles. The molecule has 1 fully saturated rings. The van der Waals surface area contributed by atoms with Crippen LogP contribution < -0.4 is 10.1 Å². The van der Waals surface area contributed by atoms with E-state index >= 15 is 0 Å². The fourth-order valence-electron chi connectivity index (χ4n) is 2.59. The molecule has 4 heteroatoms. The third-order valence-corrected chi connectivity index (χ3v) is 3.64. The molecule has 0 radical (unpaired) electrons. The van der Waals surface area contributed by atoms with Crippen LogP contribution in [0.3, 0.4) is 0 Å². The Morgan fingerprint density at radius 1 is 1.47 bits per heavy atom. The van der Waals surface area contributed by atoms with Crippen LogP contribution in [0.5, 0.6) is 5.88 Å². The monoisotopic (exact) mass is 263 g/mol. The zero-order chi connectivity index (χ0) is 13.5. The van der Waals surface area contributed by atoms with Gasteiger partial charge in [-0.1, -0.05) is 13.0 Å². The number of methoxy groups -OCH3 is 1. The fourth-order valence-corrected chi connectivity index (χ4v) is 2.59. The van der Waals surface area contributed by atoms with Gasteiger partial charge in [0.1, 0.15) is 0 Å². The van der Waals surface area contributed by atoms with Gasteiger partial charge in [-0.3, -0.25) is 4.90 Å². The van der Waals surface area contributed by atoms with Crippen molar-refractivity contribution in [1.29, 1.82) is 0 Å². The zero-order valence-electron chi connectivity index (χ0n) is 12.1. The van der Waals surface area contributed by atoms with Crippen LogP contribution >= 0.6 is 0 Å². The first kappa shape index (κ1) is 14.3. The average molecular weight is 263 g/mol. The van der Waals surface area contributed by atoms with E-state index in [-0.39, 0.29) is 0 Å². The fraction of sp³-hybridized carbons (Fsp3) is 0.667. The summed E-state index contributed by atoms with van der Waals surface area (Å²) in [5.74, 6) is 1.49. The van der Waals surface area contributed by atoms with Gasteiger partial charge in [0.2, 0.25) is 5.88 Å². The van der Waals surface area contributed by atoms with Gasteiger partial charge in [0.15, 0.2) is 0 Å². The minimum absolute atomic E-state index is 0.687. The first-order valence-corrected chi connectivity index (χ1v) is 7.23. The molecular formula is C15H25N3O. The van der Waals surface area contributed by atoms with Gasteiger partial charge < -0.3 is 10.1 Å². The van der Waals surface area contributed by atoms with E-state index in [2.05, 4.69) is 28.2 Å². The van der Waals surface area contributed by atoms with Crippen LogP contribution in [-0.4, -0.2) is 43.2 Å². The normalized spacial score (nSPS) is 19.8. The topological polar surface area (TPSA) is 37.4 Å². The van der Waals surface area contributed by atoms with Gasteiger partial charge in [0, 0.05) is 25.4 Å². The molecular weight excluding hydrogens is 238 g/mol. The van der Waals surface area contributed by atoms with Gasteiger partial charge in [-0.25, -0.2) is 4.98 Å². The number of rotatable bonds is 7. The lowest BCUT2D eigenvalue weighted by Crippen LogP contribution is -2.26. The van der Waals surface area contributed by atoms with E-state index in [0.717, 1.165) is 25.6 Å².